The second-order valence-electron chi connectivity index (χ2n) is 9.60. The summed E-state index contributed by atoms with van der Waals surface area (Å²) in [5, 5.41) is 3.39. The molecule has 0 saturated heterocycles. The van der Waals surface area contributed by atoms with Crippen LogP contribution in [0.2, 0.25) is 0 Å². The Morgan fingerprint density at radius 1 is 0.938 bits per heavy atom. The molecule has 2 N–H and O–H groups in total. The van der Waals surface area contributed by atoms with E-state index in [9.17, 15) is 8.42 Å². The van der Waals surface area contributed by atoms with Gasteiger partial charge in [-0.1, -0.05) is 63.6 Å². The lowest BCUT2D eigenvalue weighted by molar-refractivity contribution is 0.153. The summed E-state index contributed by atoms with van der Waals surface area (Å²) in [7, 11) is -3.64. The third-order valence-electron chi connectivity index (χ3n) is 6.11. The van der Waals surface area contributed by atoms with E-state index in [0.717, 1.165) is 24.0 Å². The highest BCUT2D eigenvalue weighted by atomic mass is 32.2. The Morgan fingerprint density at radius 2 is 1.56 bits per heavy atom. The zero-order chi connectivity index (χ0) is 23.9. The molecule has 2 atom stereocenters. The van der Waals surface area contributed by atoms with Crippen molar-refractivity contribution in [1.82, 2.24) is 10.0 Å². The molecule has 0 bridgehead atoms. The Bertz CT molecular complexity index is 891. The molecule has 0 aliphatic heterocycles. The summed E-state index contributed by atoms with van der Waals surface area (Å²) in [6.07, 6.45) is 6.51. The van der Waals surface area contributed by atoms with Crippen molar-refractivity contribution in [3.63, 3.8) is 0 Å². The first kappa shape index (κ1) is 26.8. The molecule has 32 heavy (non-hydrogen) atoms. The summed E-state index contributed by atoms with van der Waals surface area (Å²) in [6.45, 7) is 16.1. The Balaban J connectivity index is 1.92. The van der Waals surface area contributed by atoms with Crippen molar-refractivity contribution < 1.29 is 13.2 Å². The van der Waals surface area contributed by atoms with Gasteiger partial charge >= 0.3 is 0 Å². The van der Waals surface area contributed by atoms with Crippen molar-refractivity contribution in [2.45, 2.75) is 90.1 Å². The molecule has 0 heterocycles. The van der Waals surface area contributed by atoms with Crippen LogP contribution in [-0.4, -0.2) is 40.3 Å². The highest BCUT2D eigenvalue weighted by Gasteiger charge is 2.28. The van der Waals surface area contributed by atoms with Crippen molar-refractivity contribution >= 4 is 10.0 Å². The van der Waals surface area contributed by atoms with Crippen LogP contribution in [-0.2, 0) is 14.8 Å². The largest absolute Gasteiger partial charge is 0.376 e. The highest BCUT2D eigenvalue weighted by molar-refractivity contribution is 7.89. The topological polar surface area (TPSA) is 67.4 Å². The number of hydrogen-bond acceptors (Lipinski definition) is 4. The summed E-state index contributed by atoms with van der Waals surface area (Å²) in [4.78, 5) is 0.442. The molecule has 1 aromatic carbocycles. The van der Waals surface area contributed by atoms with Gasteiger partial charge in [0, 0.05) is 18.6 Å². The minimum Gasteiger partial charge on any atom is -0.376 e. The van der Waals surface area contributed by atoms with Crippen molar-refractivity contribution in [3.8, 4) is 0 Å². The van der Waals surface area contributed by atoms with E-state index >= 15 is 0 Å². The Kier molecular flexibility index (Phi) is 10.1. The minimum atomic E-state index is -3.64. The second kappa shape index (κ2) is 12.1. The van der Waals surface area contributed by atoms with Gasteiger partial charge in [0.1, 0.15) is 0 Å². The number of allylic oxidation sites excluding steroid dienone is 3. The number of hydrogen-bond donors (Lipinski definition) is 2. The lowest BCUT2D eigenvalue weighted by Gasteiger charge is -2.25. The van der Waals surface area contributed by atoms with Gasteiger partial charge in [-0.15, -0.1) is 0 Å². The van der Waals surface area contributed by atoms with Crippen LogP contribution in [0.25, 0.3) is 0 Å². The molecule has 5 nitrogen and oxygen atoms in total. The molecule has 0 aromatic heterocycles. The molecule has 1 aliphatic rings. The molecule has 6 heteroatoms. The minimum absolute atomic E-state index is 0.0263. The average molecular weight is 463 g/mol. The zero-order valence-electron chi connectivity index (χ0n) is 20.9. The van der Waals surface area contributed by atoms with Crippen LogP contribution in [0.4, 0.5) is 0 Å². The lowest BCUT2D eigenvalue weighted by atomic mass is 9.95. The zero-order valence-corrected chi connectivity index (χ0v) is 21.7. The molecule has 0 spiro atoms. The van der Waals surface area contributed by atoms with Gasteiger partial charge in [0.2, 0.25) is 10.0 Å². The van der Waals surface area contributed by atoms with Crippen LogP contribution in [0.3, 0.4) is 0 Å². The van der Waals surface area contributed by atoms with E-state index in [0.29, 0.717) is 24.7 Å². The molecule has 180 valence electrons. The van der Waals surface area contributed by atoms with E-state index < -0.39 is 10.0 Å². The van der Waals surface area contributed by atoms with Gasteiger partial charge in [-0.05, 0) is 62.1 Å². The van der Waals surface area contributed by atoms with Crippen LogP contribution in [0.1, 0.15) is 84.3 Å². The van der Waals surface area contributed by atoms with Crippen molar-refractivity contribution in [2.24, 2.45) is 0 Å². The first-order valence-electron chi connectivity index (χ1n) is 11.8. The highest BCUT2D eigenvalue weighted by Crippen LogP contribution is 2.31. The molecule has 0 fully saturated rings. The van der Waals surface area contributed by atoms with Crippen LogP contribution in [0.5, 0.6) is 0 Å². The van der Waals surface area contributed by atoms with Crippen molar-refractivity contribution in [3.05, 3.63) is 52.6 Å². The maximum absolute atomic E-state index is 13.4. The quantitative estimate of drug-likeness (QED) is 0.328. The van der Waals surface area contributed by atoms with Crippen LogP contribution in [0.15, 0.2) is 46.4 Å². The maximum atomic E-state index is 13.4. The average Bonchev–Trinajstić information content (AvgIpc) is 2.73. The Morgan fingerprint density at radius 3 is 2.09 bits per heavy atom. The Hall–Kier alpha value is -1.47. The summed E-state index contributed by atoms with van der Waals surface area (Å²) in [5.41, 5.74) is 4.48. The number of ether oxygens (including phenoxy) is 1. The van der Waals surface area contributed by atoms with Gasteiger partial charge in [0.15, 0.2) is 0 Å². The third kappa shape index (κ3) is 7.55. The van der Waals surface area contributed by atoms with Crippen molar-refractivity contribution in [2.75, 3.05) is 19.8 Å². The van der Waals surface area contributed by atoms with Gasteiger partial charge in [-0.25, -0.2) is 13.1 Å². The fraction of sp³-hybridized carbons (Fsp3) is 0.615. The molecular formula is C26H42N2O3S. The number of sulfonamides is 1. The molecule has 2 rings (SSSR count). The van der Waals surface area contributed by atoms with E-state index in [1.54, 1.807) is 0 Å². The van der Waals surface area contributed by atoms with E-state index in [2.05, 4.69) is 29.1 Å². The predicted octanol–water partition coefficient (Wildman–Crippen LogP) is 5.26. The SMILES string of the molecule is CC1=CCC(COCCNC(C)C(C)NS(=O)(=O)c2c(C(C)C)cccc2C(C)C)=CC1. The first-order chi connectivity index (χ1) is 15.0. The molecule has 2 unspecified atom stereocenters. The number of nitrogens with one attached hydrogen (secondary N) is 2. The van der Waals surface area contributed by atoms with Gasteiger partial charge in [-0.2, -0.15) is 0 Å². The van der Waals surface area contributed by atoms with Crippen LogP contribution < -0.4 is 10.0 Å². The first-order valence-corrected chi connectivity index (χ1v) is 13.3. The van der Waals surface area contributed by atoms with E-state index in [4.69, 9.17) is 4.74 Å². The summed E-state index contributed by atoms with van der Waals surface area (Å²) in [6, 6.07) is 5.52. The molecule has 1 aliphatic carbocycles. The molecular weight excluding hydrogens is 420 g/mol. The van der Waals surface area contributed by atoms with Gasteiger partial charge in [0.05, 0.1) is 18.1 Å². The smallest absolute Gasteiger partial charge is 0.241 e. The summed E-state index contributed by atoms with van der Waals surface area (Å²) >= 11 is 0. The van der Waals surface area contributed by atoms with Gasteiger partial charge in [0.25, 0.3) is 0 Å². The van der Waals surface area contributed by atoms with Crippen LogP contribution >= 0.6 is 0 Å². The van der Waals surface area contributed by atoms with E-state index in [1.807, 2.05) is 59.7 Å². The maximum Gasteiger partial charge on any atom is 0.241 e. The Labute approximate surface area is 195 Å². The van der Waals surface area contributed by atoms with Gasteiger partial charge < -0.3 is 10.1 Å². The predicted molar refractivity (Wildman–Crippen MR) is 134 cm³/mol. The third-order valence-corrected chi connectivity index (χ3v) is 7.80. The molecule has 0 radical (unpaired) electrons. The van der Waals surface area contributed by atoms with Crippen molar-refractivity contribution in [1.29, 1.82) is 0 Å². The second-order valence-corrected chi connectivity index (χ2v) is 11.3. The molecule has 0 saturated carbocycles. The standard InChI is InChI=1S/C26H42N2O3S/c1-18(2)24-9-8-10-25(19(3)4)26(24)32(29,30)28-22(7)21(6)27-15-16-31-17-23-13-11-20(5)12-14-23/h8-11,14,18-19,21-22,27-28H,12-13,15-17H2,1-7H3. The monoisotopic (exact) mass is 462 g/mol. The number of benzene rings is 1. The lowest BCUT2D eigenvalue weighted by Crippen LogP contribution is -2.47. The fourth-order valence-electron chi connectivity index (χ4n) is 3.83. The number of rotatable bonds is 12. The molecule has 0 amide bonds. The van der Waals surface area contributed by atoms with E-state index in [-0.39, 0.29) is 23.9 Å². The summed E-state index contributed by atoms with van der Waals surface area (Å²) in [5.74, 6) is 0.254. The molecule has 1 aromatic rings. The van der Waals surface area contributed by atoms with E-state index in [1.165, 1.54) is 11.1 Å². The van der Waals surface area contributed by atoms with Gasteiger partial charge in [-0.3, -0.25) is 0 Å². The summed E-state index contributed by atoms with van der Waals surface area (Å²) < 4.78 is 35.5. The van der Waals surface area contributed by atoms with Crippen LogP contribution in [0, 0.1) is 0 Å². The normalized spacial score (nSPS) is 16.8. The fourth-order valence-corrected chi connectivity index (χ4v) is 5.87.